The molecule has 4 nitrogen and oxygen atoms in total. The number of hydrogen-bond acceptors (Lipinski definition) is 3. The molecule has 0 aliphatic carbocycles. The van der Waals surface area contributed by atoms with Gasteiger partial charge < -0.3 is 15.0 Å². The summed E-state index contributed by atoms with van der Waals surface area (Å²) in [5, 5.41) is 3.46. The zero-order valence-corrected chi connectivity index (χ0v) is 10.5. The Morgan fingerprint density at radius 3 is 2.76 bits per heavy atom. The predicted molar refractivity (Wildman–Crippen MR) is 68.8 cm³/mol. The van der Waals surface area contributed by atoms with Crippen LogP contribution in [-0.4, -0.2) is 32.2 Å². The summed E-state index contributed by atoms with van der Waals surface area (Å²) in [6.45, 7) is 4.44. The zero-order valence-electron chi connectivity index (χ0n) is 9.70. The van der Waals surface area contributed by atoms with Crippen LogP contribution in [0.4, 0.5) is 11.4 Å². The maximum Gasteiger partial charge on any atom is 0.221 e. The fourth-order valence-electron chi connectivity index (χ4n) is 1.91. The summed E-state index contributed by atoms with van der Waals surface area (Å²) in [6.07, 6.45) is 0. The van der Waals surface area contributed by atoms with E-state index in [4.69, 9.17) is 16.3 Å². The standard InChI is InChI=1S/C12H15ClN2O2/c1-9(16)14-11-4-2-3-10(13)12(11)15-5-7-17-8-6-15/h2-4H,5-8H2,1H3,(H,14,16). The molecular formula is C12H15ClN2O2. The van der Waals surface area contributed by atoms with Crippen LogP contribution in [0.25, 0.3) is 0 Å². The van der Waals surface area contributed by atoms with Crippen molar-refractivity contribution in [3.8, 4) is 0 Å². The minimum atomic E-state index is -0.0956. The number of hydrogen-bond donors (Lipinski definition) is 1. The largest absolute Gasteiger partial charge is 0.378 e. The summed E-state index contributed by atoms with van der Waals surface area (Å²) < 4.78 is 5.31. The number of halogens is 1. The van der Waals surface area contributed by atoms with E-state index < -0.39 is 0 Å². The molecule has 1 aliphatic heterocycles. The van der Waals surface area contributed by atoms with Gasteiger partial charge in [-0.3, -0.25) is 4.79 Å². The van der Waals surface area contributed by atoms with Crippen molar-refractivity contribution in [1.29, 1.82) is 0 Å². The van der Waals surface area contributed by atoms with Gasteiger partial charge in [-0.25, -0.2) is 0 Å². The minimum absolute atomic E-state index is 0.0956. The Morgan fingerprint density at radius 1 is 1.41 bits per heavy atom. The SMILES string of the molecule is CC(=O)Nc1cccc(Cl)c1N1CCOCC1. The van der Waals surface area contributed by atoms with E-state index in [1.54, 1.807) is 0 Å². The molecule has 0 bridgehead atoms. The van der Waals surface area contributed by atoms with Crippen LogP contribution in [0.2, 0.25) is 5.02 Å². The van der Waals surface area contributed by atoms with Crippen LogP contribution < -0.4 is 10.2 Å². The van der Waals surface area contributed by atoms with E-state index in [1.807, 2.05) is 18.2 Å². The first-order chi connectivity index (χ1) is 8.18. The lowest BCUT2D eigenvalue weighted by atomic mass is 10.2. The number of amides is 1. The number of para-hydroxylation sites is 1. The van der Waals surface area contributed by atoms with Gasteiger partial charge in [-0.15, -0.1) is 0 Å². The van der Waals surface area contributed by atoms with Crippen molar-refractivity contribution < 1.29 is 9.53 Å². The van der Waals surface area contributed by atoms with Crippen molar-refractivity contribution in [2.45, 2.75) is 6.92 Å². The number of carbonyl (C=O) groups is 1. The van der Waals surface area contributed by atoms with E-state index in [1.165, 1.54) is 6.92 Å². The zero-order chi connectivity index (χ0) is 12.3. The molecule has 0 atom stereocenters. The molecule has 0 unspecified atom stereocenters. The summed E-state index contributed by atoms with van der Waals surface area (Å²) in [5.41, 5.74) is 1.64. The molecule has 92 valence electrons. The number of rotatable bonds is 2. The number of nitrogens with one attached hydrogen (secondary N) is 1. The molecule has 0 saturated carbocycles. The molecule has 1 saturated heterocycles. The van der Waals surface area contributed by atoms with Crippen LogP contribution in [0, 0.1) is 0 Å². The van der Waals surface area contributed by atoms with Crippen molar-refractivity contribution in [3.05, 3.63) is 23.2 Å². The summed E-state index contributed by atoms with van der Waals surface area (Å²) in [6, 6.07) is 5.52. The smallest absolute Gasteiger partial charge is 0.221 e. The lowest BCUT2D eigenvalue weighted by Crippen LogP contribution is -2.37. The Morgan fingerprint density at radius 2 is 2.12 bits per heavy atom. The van der Waals surface area contributed by atoms with E-state index in [9.17, 15) is 4.79 Å². The highest BCUT2D eigenvalue weighted by Gasteiger charge is 2.18. The second-order valence-electron chi connectivity index (χ2n) is 3.92. The van der Waals surface area contributed by atoms with Crippen molar-refractivity contribution in [2.24, 2.45) is 0 Å². The van der Waals surface area contributed by atoms with Gasteiger partial charge in [-0.05, 0) is 12.1 Å². The minimum Gasteiger partial charge on any atom is -0.378 e. The Balaban J connectivity index is 2.31. The Bertz CT molecular complexity index is 417. The Hall–Kier alpha value is -1.26. The van der Waals surface area contributed by atoms with Gasteiger partial charge in [0.15, 0.2) is 0 Å². The van der Waals surface area contributed by atoms with Gasteiger partial charge >= 0.3 is 0 Å². The second-order valence-corrected chi connectivity index (χ2v) is 4.32. The quantitative estimate of drug-likeness (QED) is 0.879. The molecule has 1 aliphatic rings. The van der Waals surface area contributed by atoms with Crippen LogP contribution in [0.1, 0.15) is 6.92 Å². The number of benzene rings is 1. The van der Waals surface area contributed by atoms with Gasteiger partial charge in [0.05, 0.1) is 29.6 Å². The molecule has 0 spiro atoms. The summed E-state index contributed by atoms with van der Waals surface area (Å²) in [7, 11) is 0. The first kappa shape index (κ1) is 12.2. The van der Waals surface area contributed by atoms with Gasteiger partial charge in [0.25, 0.3) is 0 Å². The van der Waals surface area contributed by atoms with Crippen molar-refractivity contribution in [1.82, 2.24) is 0 Å². The van der Waals surface area contributed by atoms with Crippen LogP contribution in [0.15, 0.2) is 18.2 Å². The molecule has 1 amide bonds. The van der Waals surface area contributed by atoms with Gasteiger partial charge in [-0.2, -0.15) is 0 Å². The van der Waals surface area contributed by atoms with E-state index in [2.05, 4.69) is 10.2 Å². The second kappa shape index (κ2) is 5.38. The third-order valence-corrected chi connectivity index (χ3v) is 2.93. The third kappa shape index (κ3) is 2.90. The monoisotopic (exact) mass is 254 g/mol. The highest BCUT2D eigenvalue weighted by atomic mass is 35.5. The number of morpholine rings is 1. The Labute approximate surface area is 106 Å². The van der Waals surface area contributed by atoms with Crippen LogP contribution in [0.3, 0.4) is 0 Å². The molecule has 1 fully saturated rings. The topological polar surface area (TPSA) is 41.6 Å². The molecule has 1 aromatic carbocycles. The number of carbonyl (C=O) groups excluding carboxylic acids is 1. The first-order valence-corrected chi connectivity index (χ1v) is 5.95. The molecule has 0 radical (unpaired) electrons. The van der Waals surface area contributed by atoms with Crippen LogP contribution in [-0.2, 0) is 9.53 Å². The van der Waals surface area contributed by atoms with Gasteiger partial charge in [0, 0.05) is 20.0 Å². The molecule has 17 heavy (non-hydrogen) atoms. The first-order valence-electron chi connectivity index (χ1n) is 5.57. The lowest BCUT2D eigenvalue weighted by molar-refractivity contribution is -0.114. The van der Waals surface area contributed by atoms with E-state index in [0.717, 1.165) is 24.5 Å². The lowest BCUT2D eigenvalue weighted by Gasteiger charge is -2.31. The summed E-state index contributed by atoms with van der Waals surface area (Å²) in [4.78, 5) is 13.3. The molecule has 1 aromatic rings. The van der Waals surface area contributed by atoms with E-state index in [-0.39, 0.29) is 5.91 Å². The predicted octanol–water partition coefficient (Wildman–Crippen LogP) is 2.13. The van der Waals surface area contributed by atoms with Crippen molar-refractivity contribution in [3.63, 3.8) is 0 Å². The maximum absolute atomic E-state index is 11.2. The normalized spacial score (nSPS) is 15.8. The molecule has 1 heterocycles. The van der Waals surface area contributed by atoms with Gasteiger partial charge in [-0.1, -0.05) is 17.7 Å². The highest BCUT2D eigenvalue weighted by Crippen LogP contribution is 2.34. The fraction of sp³-hybridized carbons (Fsp3) is 0.417. The summed E-state index contributed by atoms with van der Waals surface area (Å²) >= 11 is 6.21. The summed E-state index contributed by atoms with van der Waals surface area (Å²) in [5.74, 6) is -0.0956. The number of ether oxygens (including phenoxy) is 1. The highest BCUT2D eigenvalue weighted by molar-refractivity contribution is 6.34. The molecule has 0 aromatic heterocycles. The molecular weight excluding hydrogens is 240 g/mol. The van der Waals surface area contributed by atoms with E-state index in [0.29, 0.717) is 18.2 Å². The van der Waals surface area contributed by atoms with Crippen molar-refractivity contribution >= 4 is 28.9 Å². The van der Waals surface area contributed by atoms with Gasteiger partial charge in [0.2, 0.25) is 5.91 Å². The average molecular weight is 255 g/mol. The Kier molecular flexibility index (Phi) is 3.86. The molecule has 5 heteroatoms. The van der Waals surface area contributed by atoms with Gasteiger partial charge in [0.1, 0.15) is 0 Å². The number of nitrogens with zero attached hydrogens (tertiary/aromatic N) is 1. The molecule has 2 rings (SSSR count). The van der Waals surface area contributed by atoms with Crippen LogP contribution >= 0.6 is 11.6 Å². The third-order valence-electron chi connectivity index (χ3n) is 2.62. The fourth-order valence-corrected chi connectivity index (χ4v) is 2.21. The maximum atomic E-state index is 11.2. The average Bonchev–Trinajstić information content (AvgIpc) is 2.29. The number of anilines is 2. The van der Waals surface area contributed by atoms with Crippen molar-refractivity contribution in [2.75, 3.05) is 36.5 Å². The van der Waals surface area contributed by atoms with Crippen LogP contribution in [0.5, 0.6) is 0 Å². The molecule has 1 N–H and O–H groups in total. The van der Waals surface area contributed by atoms with E-state index >= 15 is 0 Å².